The van der Waals surface area contributed by atoms with E-state index in [1.54, 1.807) is 0 Å². The molecule has 3 rings (SSSR count). The molecule has 1 N–H and O–H groups in total. The van der Waals surface area contributed by atoms with Gasteiger partial charge in [0.25, 0.3) is 3.79 Å². The lowest BCUT2D eigenvalue weighted by Gasteiger charge is -2.27. The molecule has 25 heavy (non-hydrogen) atoms. The van der Waals surface area contributed by atoms with Crippen LogP contribution in [0.15, 0.2) is 23.8 Å². The summed E-state index contributed by atoms with van der Waals surface area (Å²) >= 11 is 17.2. The van der Waals surface area contributed by atoms with Gasteiger partial charge in [-0.2, -0.15) is 0 Å². The molecule has 0 amide bonds. The van der Waals surface area contributed by atoms with Gasteiger partial charge in [0.2, 0.25) is 5.90 Å². The molecule has 2 aliphatic heterocycles. The maximum Gasteiger partial charge on any atom is 0.334 e. The quantitative estimate of drug-likeness (QED) is 0.135. The first-order valence-electron chi connectivity index (χ1n) is 8.09. The van der Waals surface area contributed by atoms with Gasteiger partial charge in [-0.05, 0) is 38.7 Å². The van der Waals surface area contributed by atoms with E-state index in [1.165, 1.54) is 0 Å². The highest BCUT2D eigenvalue weighted by atomic mass is 35.6. The van der Waals surface area contributed by atoms with Crippen molar-refractivity contribution in [3.8, 4) is 0 Å². The number of hydrogen-bond acceptors (Lipinski definition) is 5. The summed E-state index contributed by atoms with van der Waals surface area (Å²) in [4.78, 5) is 12.0. The molecule has 8 heteroatoms. The summed E-state index contributed by atoms with van der Waals surface area (Å²) in [6.07, 6.45) is 2.97. The molecule has 0 saturated carbocycles. The standard InChI is InChI=1S/C17H20Cl3NO4/c1-8-5-4-6-16(3)13(25-16)12-10(9(2)14(22)24-12)7-11(8)23-15(21)17(18,19)20/h5,10-13,21H,2,4,6-7H2,1,3H3/t10-,11-,12-,13+,16+/m0/s1. The number of carbonyl (C=O) groups is 1. The first-order chi connectivity index (χ1) is 11.5. The number of alkyl halides is 3. The highest BCUT2D eigenvalue weighted by Crippen LogP contribution is 2.50. The van der Waals surface area contributed by atoms with Gasteiger partial charge in [-0.1, -0.05) is 47.5 Å². The topological polar surface area (TPSA) is 71.9 Å². The van der Waals surface area contributed by atoms with Crippen molar-refractivity contribution in [1.29, 1.82) is 5.41 Å². The number of rotatable bonds is 1. The minimum absolute atomic E-state index is 0.152. The Kier molecular flexibility index (Phi) is 4.91. The highest BCUT2D eigenvalue weighted by Gasteiger charge is 2.62. The molecular weight excluding hydrogens is 389 g/mol. The van der Waals surface area contributed by atoms with E-state index >= 15 is 0 Å². The first-order valence-corrected chi connectivity index (χ1v) is 9.23. The fourth-order valence-electron chi connectivity index (χ4n) is 3.54. The largest absolute Gasteiger partial charge is 0.470 e. The number of fused-ring (bicyclic) bond motifs is 3. The van der Waals surface area contributed by atoms with Gasteiger partial charge in [0.15, 0.2) is 0 Å². The SMILES string of the molecule is C=C1C(=O)O[C@@H]2[C@H]3O[C@]3(C)CCC=C(C)[C@@H](OC(=N)C(Cl)(Cl)Cl)C[C@@H]12. The van der Waals surface area contributed by atoms with Crippen molar-refractivity contribution >= 4 is 46.7 Å². The van der Waals surface area contributed by atoms with E-state index in [1.807, 2.05) is 19.9 Å². The van der Waals surface area contributed by atoms with Crippen LogP contribution in [0.4, 0.5) is 0 Å². The zero-order valence-electron chi connectivity index (χ0n) is 14.0. The number of nitrogens with one attached hydrogen (secondary N) is 1. The molecule has 2 saturated heterocycles. The molecule has 0 radical (unpaired) electrons. The van der Waals surface area contributed by atoms with Crippen molar-refractivity contribution in [2.45, 2.75) is 60.8 Å². The van der Waals surface area contributed by atoms with Crippen LogP contribution in [0.5, 0.6) is 0 Å². The van der Waals surface area contributed by atoms with E-state index in [2.05, 4.69) is 6.58 Å². The van der Waals surface area contributed by atoms with Gasteiger partial charge in [0.05, 0.1) is 5.60 Å². The van der Waals surface area contributed by atoms with Crippen LogP contribution in [0.25, 0.3) is 0 Å². The van der Waals surface area contributed by atoms with E-state index in [0.29, 0.717) is 12.0 Å². The fraction of sp³-hybridized carbons (Fsp3) is 0.647. The lowest BCUT2D eigenvalue weighted by molar-refractivity contribution is -0.140. The third-order valence-electron chi connectivity index (χ3n) is 5.19. The van der Waals surface area contributed by atoms with Crippen LogP contribution >= 0.6 is 34.8 Å². The van der Waals surface area contributed by atoms with Crippen LogP contribution in [0, 0.1) is 11.3 Å². The van der Waals surface area contributed by atoms with Crippen LogP contribution in [-0.4, -0.2) is 39.6 Å². The van der Waals surface area contributed by atoms with E-state index in [9.17, 15) is 4.79 Å². The van der Waals surface area contributed by atoms with Gasteiger partial charge in [-0.15, -0.1) is 0 Å². The number of carbonyl (C=O) groups excluding carboxylic acids is 1. The minimum atomic E-state index is -1.94. The number of ether oxygens (including phenoxy) is 3. The van der Waals surface area contributed by atoms with E-state index in [0.717, 1.165) is 18.4 Å². The molecule has 5 atom stereocenters. The van der Waals surface area contributed by atoms with Crippen molar-refractivity contribution < 1.29 is 19.0 Å². The molecular formula is C17H20Cl3NO4. The number of esters is 1. The normalized spacial score (nSPS) is 38.2. The number of allylic oxidation sites excluding steroid dienone is 1. The molecule has 2 heterocycles. The Bertz CT molecular complexity index is 657. The third-order valence-corrected chi connectivity index (χ3v) is 5.70. The van der Waals surface area contributed by atoms with Gasteiger partial charge in [0.1, 0.15) is 18.3 Å². The van der Waals surface area contributed by atoms with Gasteiger partial charge in [-0.3, -0.25) is 5.41 Å². The summed E-state index contributed by atoms with van der Waals surface area (Å²) < 4.78 is 15.1. The second kappa shape index (κ2) is 6.45. The summed E-state index contributed by atoms with van der Waals surface area (Å²) in [6.45, 7) is 7.80. The highest BCUT2D eigenvalue weighted by molar-refractivity contribution is 6.76. The van der Waals surface area contributed by atoms with Crippen LogP contribution in [0.1, 0.15) is 33.1 Å². The Morgan fingerprint density at radius 2 is 2.16 bits per heavy atom. The lowest BCUT2D eigenvalue weighted by Crippen LogP contribution is -2.34. The van der Waals surface area contributed by atoms with Gasteiger partial charge >= 0.3 is 5.97 Å². The van der Waals surface area contributed by atoms with Crippen LogP contribution < -0.4 is 0 Å². The zero-order chi connectivity index (χ0) is 18.6. The Balaban J connectivity index is 1.88. The number of halogens is 3. The maximum atomic E-state index is 12.0. The van der Waals surface area contributed by atoms with E-state index < -0.39 is 27.9 Å². The van der Waals surface area contributed by atoms with E-state index in [4.69, 9.17) is 54.4 Å². The molecule has 0 unspecified atom stereocenters. The Morgan fingerprint density at radius 3 is 2.80 bits per heavy atom. The van der Waals surface area contributed by atoms with Crippen molar-refractivity contribution in [1.82, 2.24) is 0 Å². The summed E-state index contributed by atoms with van der Waals surface area (Å²) in [5.41, 5.74) is 1.01. The molecule has 3 aliphatic rings. The monoisotopic (exact) mass is 407 g/mol. The Morgan fingerprint density at radius 1 is 1.48 bits per heavy atom. The molecule has 2 fully saturated rings. The predicted octanol–water partition coefficient (Wildman–Crippen LogP) is 4.10. The summed E-state index contributed by atoms with van der Waals surface area (Å²) in [5.74, 6) is -1.13. The number of hydrogen-bond donors (Lipinski definition) is 1. The van der Waals surface area contributed by atoms with Gasteiger partial charge in [0, 0.05) is 11.5 Å². The molecule has 138 valence electrons. The lowest BCUT2D eigenvalue weighted by atomic mass is 9.83. The molecule has 5 nitrogen and oxygen atoms in total. The first kappa shape index (κ1) is 19.0. The van der Waals surface area contributed by atoms with Crippen molar-refractivity contribution in [3.05, 3.63) is 23.8 Å². The molecule has 0 aromatic rings. The van der Waals surface area contributed by atoms with Crippen LogP contribution in [0.2, 0.25) is 0 Å². The summed E-state index contributed by atoms with van der Waals surface area (Å²) in [6, 6.07) is 0. The third kappa shape index (κ3) is 3.70. The molecule has 0 aromatic heterocycles. The predicted molar refractivity (Wildman–Crippen MR) is 96.3 cm³/mol. The van der Waals surface area contributed by atoms with Gasteiger partial charge in [-0.25, -0.2) is 4.79 Å². The molecule has 0 aromatic carbocycles. The average molecular weight is 409 g/mol. The Labute approximate surface area is 161 Å². The maximum absolute atomic E-state index is 12.0. The number of epoxide rings is 1. The van der Waals surface area contributed by atoms with Crippen molar-refractivity contribution in [2.24, 2.45) is 5.92 Å². The van der Waals surface area contributed by atoms with Crippen molar-refractivity contribution in [2.75, 3.05) is 0 Å². The average Bonchev–Trinajstić information content (AvgIpc) is 3.09. The second-order valence-corrected chi connectivity index (χ2v) is 9.29. The van der Waals surface area contributed by atoms with E-state index in [-0.39, 0.29) is 17.6 Å². The Hall–Kier alpha value is -0.750. The molecule has 1 aliphatic carbocycles. The van der Waals surface area contributed by atoms with Crippen LogP contribution in [0.3, 0.4) is 0 Å². The smallest absolute Gasteiger partial charge is 0.334 e. The molecule has 0 bridgehead atoms. The fourth-order valence-corrected chi connectivity index (χ4v) is 3.67. The second-order valence-electron chi connectivity index (χ2n) is 7.01. The summed E-state index contributed by atoms with van der Waals surface area (Å²) in [5, 5.41) is 7.86. The summed E-state index contributed by atoms with van der Waals surface area (Å²) in [7, 11) is 0. The zero-order valence-corrected chi connectivity index (χ0v) is 16.2. The minimum Gasteiger partial charge on any atom is -0.470 e. The van der Waals surface area contributed by atoms with Gasteiger partial charge < -0.3 is 14.2 Å². The van der Waals surface area contributed by atoms with Crippen molar-refractivity contribution in [3.63, 3.8) is 0 Å². The molecule has 0 spiro atoms. The van der Waals surface area contributed by atoms with Crippen LogP contribution in [-0.2, 0) is 19.0 Å².